The van der Waals surface area contributed by atoms with Crippen LogP contribution in [0.4, 0.5) is 5.95 Å². The molecule has 4 rings (SSSR count). The van der Waals surface area contributed by atoms with Gasteiger partial charge in [-0.1, -0.05) is 0 Å². The molecule has 138 valence electrons. The summed E-state index contributed by atoms with van der Waals surface area (Å²) >= 11 is 0. The molecule has 0 unspecified atom stereocenters. The van der Waals surface area contributed by atoms with Crippen LogP contribution in [0.5, 0.6) is 0 Å². The highest BCUT2D eigenvalue weighted by Crippen LogP contribution is 2.20. The van der Waals surface area contributed by atoms with E-state index in [0.717, 1.165) is 44.7 Å². The van der Waals surface area contributed by atoms with Gasteiger partial charge in [0.15, 0.2) is 0 Å². The lowest BCUT2D eigenvalue weighted by molar-refractivity contribution is -0.135. The van der Waals surface area contributed by atoms with E-state index < -0.39 is 0 Å². The first-order chi connectivity index (χ1) is 12.8. The second kappa shape index (κ2) is 7.82. The average Bonchev–Trinajstić information content (AvgIpc) is 3.32. The third-order valence-corrected chi connectivity index (χ3v) is 4.96. The minimum atomic E-state index is 0.0997. The second-order valence-electron chi connectivity index (χ2n) is 6.94. The van der Waals surface area contributed by atoms with Gasteiger partial charge in [0.05, 0.1) is 25.2 Å². The molecule has 2 aliphatic heterocycles. The van der Waals surface area contributed by atoms with E-state index >= 15 is 0 Å². The lowest BCUT2D eigenvalue weighted by Gasteiger charge is -2.24. The van der Waals surface area contributed by atoms with Gasteiger partial charge in [0.25, 0.3) is 0 Å². The predicted octanol–water partition coefficient (Wildman–Crippen LogP) is 0.948. The van der Waals surface area contributed by atoms with Crippen molar-refractivity contribution in [1.82, 2.24) is 24.4 Å². The van der Waals surface area contributed by atoms with Crippen molar-refractivity contribution >= 4 is 11.9 Å². The number of imidazole rings is 1. The van der Waals surface area contributed by atoms with E-state index in [-0.39, 0.29) is 18.4 Å². The van der Waals surface area contributed by atoms with Crippen molar-refractivity contribution in [2.75, 3.05) is 37.7 Å². The summed E-state index contributed by atoms with van der Waals surface area (Å²) in [5, 5.41) is 0. The minimum absolute atomic E-state index is 0.0997. The molecule has 26 heavy (non-hydrogen) atoms. The van der Waals surface area contributed by atoms with Crippen LogP contribution in [0, 0.1) is 5.92 Å². The zero-order valence-electron chi connectivity index (χ0n) is 14.8. The number of nitrogens with zero attached hydrogens (tertiary/aromatic N) is 6. The summed E-state index contributed by atoms with van der Waals surface area (Å²) in [4.78, 5) is 29.2. The number of carbonyl (C=O) groups excluding carboxylic acids is 1. The van der Waals surface area contributed by atoms with Crippen LogP contribution >= 0.6 is 0 Å². The molecule has 8 heteroatoms. The molecule has 2 aromatic heterocycles. The highest BCUT2D eigenvalue weighted by atomic mass is 16.5. The van der Waals surface area contributed by atoms with E-state index in [2.05, 4.69) is 24.4 Å². The summed E-state index contributed by atoms with van der Waals surface area (Å²) in [6.45, 7) is 4.73. The maximum Gasteiger partial charge on any atom is 0.248 e. The third-order valence-electron chi connectivity index (χ3n) is 4.96. The third kappa shape index (κ3) is 3.85. The fourth-order valence-electron chi connectivity index (χ4n) is 3.63. The molecule has 1 saturated heterocycles. The molecule has 0 aromatic carbocycles. The molecule has 1 atom stereocenters. The maximum atomic E-state index is 12.2. The average molecular weight is 356 g/mol. The molecule has 0 radical (unpaired) electrons. The Labute approximate surface area is 152 Å². The van der Waals surface area contributed by atoms with Crippen molar-refractivity contribution in [1.29, 1.82) is 0 Å². The van der Waals surface area contributed by atoms with E-state index in [1.165, 1.54) is 0 Å². The first kappa shape index (κ1) is 17.0. The van der Waals surface area contributed by atoms with Crippen LogP contribution in [0.15, 0.2) is 31.0 Å². The highest BCUT2D eigenvalue weighted by Gasteiger charge is 2.24. The van der Waals surface area contributed by atoms with Gasteiger partial charge in [-0.05, 0) is 18.9 Å². The molecule has 0 N–H and O–H groups in total. The van der Waals surface area contributed by atoms with Gasteiger partial charge in [0.2, 0.25) is 11.9 Å². The van der Waals surface area contributed by atoms with Gasteiger partial charge in [-0.3, -0.25) is 4.79 Å². The molecule has 2 aromatic rings. The Kier molecular flexibility index (Phi) is 5.10. The topological polar surface area (TPSA) is 76.4 Å². The summed E-state index contributed by atoms with van der Waals surface area (Å²) in [5.41, 5.74) is 1.13. The van der Waals surface area contributed by atoms with Gasteiger partial charge in [0.1, 0.15) is 6.61 Å². The smallest absolute Gasteiger partial charge is 0.248 e. The Morgan fingerprint density at radius 2 is 2.00 bits per heavy atom. The fraction of sp³-hybridized carbons (Fsp3) is 0.556. The molecule has 0 spiro atoms. The summed E-state index contributed by atoms with van der Waals surface area (Å²) in [5.74, 6) is 1.05. The number of anilines is 1. The van der Waals surface area contributed by atoms with Crippen molar-refractivity contribution in [3.8, 4) is 0 Å². The summed E-state index contributed by atoms with van der Waals surface area (Å²) < 4.78 is 7.94. The number of aromatic nitrogens is 4. The number of likely N-dealkylation sites (tertiary alicyclic amines) is 1. The van der Waals surface area contributed by atoms with Gasteiger partial charge < -0.3 is 19.1 Å². The number of rotatable bonds is 5. The molecule has 0 saturated carbocycles. The molecule has 8 nitrogen and oxygen atoms in total. The molecule has 0 bridgehead atoms. The molecular weight excluding hydrogens is 332 g/mol. The second-order valence-corrected chi connectivity index (χ2v) is 6.94. The van der Waals surface area contributed by atoms with Gasteiger partial charge in [-0.15, -0.1) is 0 Å². The molecule has 0 aliphatic carbocycles. The zero-order valence-corrected chi connectivity index (χ0v) is 14.8. The highest BCUT2D eigenvalue weighted by molar-refractivity contribution is 5.77. The van der Waals surface area contributed by atoms with E-state index in [4.69, 9.17) is 4.74 Å². The Morgan fingerprint density at radius 3 is 2.81 bits per heavy atom. The van der Waals surface area contributed by atoms with Crippen LogP contribution in [0.2, 0.25) is 0 Å². The van der Waals surface area contributed by atoms with E-state index in [9.17, 15) is 4.79 Å². The van der Waals surface area contributed by atoms with E-state index in [0.29, 0.717) is 19.1 Å². The van der Waals surface area contributed by atoms with Crippen molar-refractivity contribution in [2.24, 2.45) is 5.92 Å². The summed E-state index contributed by atoms with van der Waals surface area (Å²) in [6.07, 6.45) is 9.45. The lowest BCUT2D eigenvalue weighted by Crippen LogP contribution is -2.34. The number of hydrogen-bond donors (Lipinski definition) is 0. The Bertz CT molecular complexity index is 728. The Morgan fingerprint density at radius 1 is 1.19 bits per heavy atom. The summed E-state index contributed by atoms with van der Waals surface area (Å²) in [7, 11) is 0. The Hall–Kier alpha value is -2.48. The van der Waals surface area contributed by atoms with Crippen LogP contribution in [0.1, 0.15) is 18.5 Å². The van der Waals surface area contributed by atoms with Gasteiger partial charge >= 0.3 is 0 Å². The SMILES string of the molecule is O=C(COC[C@H]1CN(c2ncccn2)Cc2cncn2C1)N1CCCC1. The van der Waals surface area contributed by atoms with Crippen molar-refractivity contribution in [2.45, 2.75) is 25.9 Å². The fourth-order valence-corrected chi connectivity index (χ4v) is 3.63. The molecule has 2 aliphatic rings. The minimum Gasteiger partial charge on any atom is -0.371 e. The maximum absolute atomic E-state index is 12.2. The first-order valence-electron chi connectivity index (χ1n) is 9.16. The largest absolute Gasteiger partial charge is 0.371 e. The number of carbonyl (C=O) groups is 1. The van der Waals surface area contributed by atoms with Gasteiger partial charge in [-0.2, -0.15) is 0 Å². The van der Waals surface area contributed by atoms with Crippen LogP contribution in [0.25, 0.3) is 0 Å². The monoisotopic (exact) mass is 356 g/mol. The van der Waals surface area contributed by atoms with Crippen LogP contribution in [-0.4, -0.2) is 63.2 Å². The number of hydrogen-bond acceptors (Lipinski definition) is 6. The van der Waals surface area contributed by atoms with Gasteiger partial charge in [0, 0.05) is 50.7 Å². The van der Waals surface area contributed by atoms with Crippen molar-refractivity contribution < 1.29 is 9.53 Å². The Balaban J connectivity index is 1.39. The van der Waals surface area contributed by atoms with Crippen molar-refractivity contribution in [3.05, 3.63) is 36.7 Å². The van der Waals surface area contributed by atoms with Crippen LogP contribution in [0.3, 0.4) is 0 Å². The molecule has 1 amide bonds. The van der Waals surface area contributed by atoms with Crippen LogP contribution < -0.4 is 4.90 Å². The van der Waals surface area contributed by atoms with E-state index in [1.807, 2.05) is 23.5 Å². The van der Waals surface area contributed by atoms with Crippen LogP contribution in [-0.2, 0) is 22.6 Å². The number of ether oxygens (including phenoxy) is 1. The summed E-state index contributed by atoms with van der Waals surface area (Å²) in [6, 6.07) is 1.82. The molecule has 4 heterocycles. The van der Waals surface area contributed by atoms with Gasteiger partial charge in [-0.25, -0.2) is 15.0 Å². The first-order valence-corrected chi connectivity index (χ1v) is 9.16. The molecule has 1 fully saturated rings. The van der Waals surface area contributed by atoms with E-state index in [1.54, 1.807) is 12.4 Å². The number of amides is 1. The lowest BCUT2D eigenvalue weighted by atomic mass is 10.1. The molecular formula is C18H24N6O2. The predicted molar refractivity (Wildman–Crippen MR) is 95.4 cm³/mol. The zero-order chi connectivity index (χ0) is 17.8. The normalized spacial score (nSPS) is 20.1. The van der Waals surface area contributed by atoms with Crippen molar-refractivity contribution in [3.63, 3.8) is 0 Å². The quantitative estimate of drug-likeness (QED) is 0.794. The standard InChI is InChI=1S/C18H24N6O2/c25-17(22-6-1-2-7-22)13-26-12-15-9-23(18-20-4-3-5-21-18)11-16-8-19-14-24(16)10-15/h3-5,8,14-15H,1-2,6-7,9-13H2/t15-/m0/s1. The number of fused-ring (bicyclic) bond motifs is 1.